The number of piperazine rings is 1. The maximum Gasteiger partial charge on any atom is 0.250 e. The van der Waals surface area contributed by atoms with Crippen LogP contribution in [-0.2, 0) is 9.59 Å². The van der Waals surface area contributed by atoms with Gasteiger partial charge in [0.1, 0.15) is 12.1 Å². The number of rotatable bonds is 4. The van der Waals surface area contributed by atoms with Crippen molar-refractivity contribution in [2.75, 3.05) is 4.90 Å². The molecule has 0 spiro atoms. The van der Waals surface area contributed by atoms with Gasteiger partial charge in [0.05, 0.1) is 0 Å². The van der Waals surface area contributed by atoms with Gasteiger partial charge in [-0.15, -0.1) is 0 Å². The van der Waals surface area contributed by atoms with Crippen LogP contribution in [0.25, 0.3) is 0 Å². The van der Waals surface area contributed by atoms with Crippen molar-refractivity contribution in [1.82, 2.24) is 5.32 Å². The first kappa shape index (κ1) is 16.0. The first-order valence-electron chi connectivity index (χ1n) is 7.33. The lowest BCUT2D eigenvalue weighted by atomic mass is 9.97. The van der Waals surface area contributed by atoms with E-state index in [-0.39, 0.29) is 11.8 Å². The highest BCUT2D eigenvalue weighted by molar-refractivity contribution is 9.10. The summed E-state index contributed by atoms with van der Waals surface area (Å²) in [6.45, 7) is 6.02. The standard InChI is InChI=1S/C16H21BrN2O2/c1-4-14-15(20)18-13(8-10(2)3)16(21)19(14)12-7-5-6-11(17)9-12/h5-7,9-10,13-14H,4,8H2,1-3H3,(H,18,20). The molecule has 1 fully saturated rings. The third kappa shape index (κ3) is 3.46. The van der Waals surface area contributed by atoms with Gasteiger partial charge >= 0.3 is 0 Å². The molecule has 0 bridgehead atoms. The molecule has 1 aliphatic heterocycles. The molecule has 1 aromatic carbocycles. The van der Waals surface area contributed by atoms with E-state index in [1.807, 2.05) is 31.2 Å². The molecule has 1 N–H and O–H groups in total. The molecule has 1 aromatic rings. The van der Waals surface area contributed by atoms with Crippen LogP contribution in [0, 0.1) is 5.92 Å². The topological polar surface area (TPSA) is 49.4 Å². The Labute approximate surface area is 134 Å². The molecule has 1 heterocycles. The van der Waals surface area contributed by atoms with Crippen molar-refractivity contribution in [3.05, 3.63) is 28.7 Å². The van der Waals surface area contributed by atoms with E-state index in [1.54, 1.807) is 4.90 Å². The van der Waals surface area contributed by atoms with Gasteiger partial charge in [0.15, 0.2) is 0 Å². The Bertz CT molecular complexity index is 545. The van der Waals surface area contributed by atoms with Gasteiger partial charge in [-0.05, 0) is 37.0 Å². The molecular formula is C16H21BrN2O2. The summed E-state index contributed by atoms with van der Waals surface area (Å²) in [6, 6.07) is 6.67. The molecule has 0 aromatic heterocycles. The third-order valence-corrected chi connectivity index (χ3v) is 4.14. The molecule has 2 rings (SSSR count). The Morgan fingerprint density at radius 1 is 1.33 bits per heavy atom. The van der Waals surface area contributed by atoms with Crippen LogP contribution in [0.2, 0.25) is 0 Å². The highest BCUT2D eigenvalue weighted by Gasteiger charge is 2.40. The number of hydrogen-bond donors (Lipinski definition) is 1. The number of amides is 2. The lowest BCUT2D eigenvalue weighted by Gasteiger charge is -2.39. The first-order chi connectivity index (χ1) is 9.93. The third-order valence-electron chi connectivity index (χ3n) is 3.65. The fourth-order valence-corrected chi connectivity index (χ4v) is 3.09. The number of carbonyl (C=O) groups excluding carboxylic acids is 2. The van der Waals surface area contributed by atoms with Crippen molar-refractivity contribution in [1.29, 1.82) is 0 Å². The Balaban J connectivity index is 2.37. The van der Waals surface area contributed by atoms with Crippen molar-refractivity contribution >= 4 is 33.4 Å². The van der Waals surface area contributed by atoms with Crippen LogP contribution in [0.4, 0.5) is 5.69 Å². The van der Waals surface area contributed by atoms with Crippen LogP contribution >= 0.6 is 15.9 Å². The number of benzene rings is 1. The zero-order valence-electron chi connectivity index (χ0n) is 12.6. The van der Waals surface area contributed by atoms with Gasteiger partial charge in [0.2, 0.25) is 11.8 Å². The molecular weight excluding hydrogens is 332 g/mol. The van der Waals surface area contributed by atoms with E-state index in [0.717, 1.165) is 10.2 Å². The minimum Gasteiger partial charge on any atom is -0.342 e. The summed E-state index contributed by atoms with van der Waals surface area (Å²) in [6.07, 6.45) is 1.25. The Morgan fingerprint density at radius 3 is 2.62 bits per heavy atom. The smallest absolute Gasteiger partial charge is 0.250 e. The zero-order chi connectivity index (χ0) is 15.6. The predicted molar refractivity (Wildman–Crippen MR) is 87.1 cm³/mol. The van der Waals surface area contributed by atoms with Crippen molar-refractivity contribution in [2.45, 2.75) is 45.7 Å². The summed E-state index contributed by atoms with van der Waals surface area (Å²) in [5, 5.41) is 2.87. The van der Waals surface area contributed by atoms with Gasteiger partial charge in [-0.1, -0.05) is 42.8 Å². The highest BCUT2D eigenvalue weighted by atomic mass is 79.9. The largest absolute Gasteiger partial charge is 0.342 e. The molecule has 2 atom stereocenters. The van der Waals surface area contributed by atoms with E-state index in [4.69, 9.17) is 0 Å². The normalized spacial score (nSPS) is 22.6. The van der Waals surface area contributed by atoms with Crippen LogP contribution in [-0.4, -0.2) is 23.9 Å². The van der Waals surface area contributed by atoms with Crippen LogP contribution in [0.5, 0.6) is 0 Å². The van der Waals surface area contributed by atoms with Gasteiger partial charge in [-0.2, -0.15) is 0 Å². The molecule has 2 unspecified atom stereocenters. The van der Waals surface area contributed by atoms with E-state index in [0.29, 0.717) is 18.8 Å². The second-order valence-corrected chi connectivity index (χ2v) is 6.72. The quantitative estimate of drug-likeness (QED) is 0.904. The molecule has 1 aliphatic rings. The molecule has 114 valence electrons. The van der Waals surface area contributed by atoms with E-state index < -0.39 is 12.1 Å². The van der Waals surface area contributed by atoms with Crippen LogP contribution < -0.4 is 10.2 Å². The van der Waals surface area contributed by atoms with Crippen LogP contribution in [0.15, 0.2) is 28.7 Å². The second kappa shape index (κ2) is 6.60. The lowest BCUT2D eigenvalue weighted by Crippen LogP contribution is -2.63. The van der Waals surface area contributed by atoms with Crippen LogP contribution in [0.3, 0.4) is 0 Å². The molecule has 2 amide bonds. The summed E-state index contributed by atoms with van der Waals surface area (Å²) in [7, 11) is 0. The highest BCUT2D eigenvalue weighted by Crippen LogP contribution is 2.27. The predicted octanol–water partition coefficient (Wildman–Crippen LogP) is 3.11. The summed E-state index contributed by atoms with van der Waals surface area (Å²) in [5.41, 5.74) is 0.768. The van der Waals surface area contributed by atoms with Gasteiger partial charge < -0.3 is 5.32 Å². The SMILES string of the molecule is CCC1C(=O)NC(CC(C)C)C(=O)N1c1cccc(Br)c1. The van der Waals surface area contributed by atoms with E-state index in [9.17, 15) is 9.59 Å². The molecule has 0 saturated carbocycles. The maximum absolute atomic E-state index is 12.8. The van der Waals surface area contributed by atoms with E-state index >= 15 is 0 Å². The minimum absolute atomic E-state index is 0.0201. The number of carbonyl (C=O) groups is 2. The summed E-state index contributed by atoms with van der Waals surface area (Å²) in [5.74, 6) is 0.262. The fraction of sp³-hybridized carbons (Fsp3) is 0.500. The van der Waals surface area contributed by atoms with E-state index in [2.05, 4.69) is 35.1 Å². The number of halogens is 1. The molecule has 4 nitrogen and oxygen atoms in total. The molecule has 0 aliphatic carbocycles. The lowest BCUT2D eigenvalue weighted by molar-refractivity contribution is -0.134. The molecule has 21 heavy (non-hydrogen) atoms. The average molecular weight is 353 g/mol. The average Bonchev–Trinajstić information content (AvgIpc) is 2.41. The van der Waals surface area contributed by atoms with Crippen molar-refractivity contribution in [3.8, 4) is 0 Å². The van der Waals surface area contributed by atoms with Crippen molar-refractivity contribution in [2.24, 2.45) is 5.92 Å². The Morgan fingerprint density at radius 2 is 2.05 bits per heavy atom. The van der Waals surface area contributed by atoms with Gasteiger partial charge in [-0.3, -0.25) is 14.5 Å². The zero-order valence-corrected chi connectivity index (χ0v) is 14.2. The van der Waals surface area contributed by atoms with Gasteiger partial charge in [0, 0.05) is 10.2 Å². The number of nitrogens with zero attached hydrogens (tertiary/aromatic N) is 1. The number of anilines is 1. The Kier molecular flexibility index (Phi) is 5.04. The number of hydrogen-bond acceptors (Lipinski definition) is 2. The Hall–Kier alpha value is -1.36. The summed E-state index contributed by atoms with van der Waals surface area (Å²) < 4.78 is 0.897. The summed E-state index contributed by atoms with van der Waals surface area (Å²) >= 11 is 3.42. The summed E-state index contributed by atoms with van der Waals surface area (Å²) in [4.78, 5) is 26.7. The molecule has 1 saturated heterocycles. The second-order valence-electron chi connectivity index (χ2n) is 5.80. The first-order valence-corrected chi connectivity index (χ1v) is 8.12. The van der Waals surface area contributed by atoms with Crippen LogP contribution in [0.1, 0.15) is 33.6 Å². The van der Waals surface area contributed by atoms with Crippen molar-refractivity contribution in [3.63, 3.8) is 0 Å². The minimum atomic E-state index is -0.435. The van der Waals surface area contributed by atoms with Gasteiger partial charge in [0.25, 0.3) is 0 Å². The maximum atomic E-state index is 12.8. The molecule has 5 heteroatoms. The monoisotopic (exact) mass is 352 g/mol. The number of nitrogens with one attached hydrogen (secondary N) is 1. The van der Waals surface area contributed by atoms with Crippen molar-refractivity contribution < 1.29 is 9.59 Å². The van der Waals surface area contributed by atoms with E-state index in [1.165, 1.54) is 0 Å². The fourth-order valence-electron chi connectivity index (χ4n) is 2.70. The molecule has 0 radical (unpaired) electrons. The van der Waals surface area contributed by atoms with Gasteiger partial charge in [-0.25, -0.2) is 0 Å².